The first kappa shape index (κ1) is 20.2. The lowest BCUT2D eigenvalue weighted by Gasteiger charge is -2.31. The van der Waals surface area contributed by atoms with Crippen LogP contribution in [0.4, 0.5) is 0 Å². The molecule has 0 unspecified atom stereocenters. The van der Waals surface area contributed by atoms with Gasteiger partial charge < -0.3 is 15.0 Å². The van der Waals surface area contributed by atoms with Crippen molar-refractivity contribution in [3.05, 3.63) is 78.4 Å². The number of methoxy groups -OCH3 is 1. The van der Waals surface area contributed by atoms with Gasteiger partial charge >= 0.3 is 0 Å². The predicted molar refractivity (Wildman–Crippen MR) is 106 cm³/mol. The van der Waals surface area contributed by atoms with E-state index in [1.807, 2.05) is 54.6 Å². The highest BCUT2D eigenvalue weighted by Crippen LogP contribution is 2.25. The lowest BCUT2D eigenvalue weighted by Crippen LogP contribution is -2.43. The molecule has 0 radical (unpaired) electrons. The average molecular weight is 366 g/mol. The van der Waals surface area contributed by atoms with Crippen LogP contribution < -0.4 is 10.1 Å². The second-order valence-corrected chi connectivity index (χ2v) is 6.07. The third kappa shape index (κ3) is 5.45. The molecule has 0 bridgehead atoms. The van der Waals surface area contributed by atoms with Crippen LogP contribution in [0.25, 0.3) is 0 Å². The van der Waals surface area contributed by atoms with Crippen molar-refractivity contribution in [1.29, 1.82) is 0 Å². The molecule has 5 heteroatoms. The summed E-state index contributed by atoms with van der Waals surface area (Å²) >= 11 is 0. The van der Waals surface area contributed by atoms with Gasteiger partial charge in [-0.05, 0) is 23.3 Å². The molecule has 2 aromatic carbocycles. The van der Waals surface area contributed by atoms with E-state index in [1.54, 1.807) is 25.0 Å². The van der Waals surface area contributed by atoms with Crippen LogP contribution in [-0.2, 0) is 16.1 Å². The summed E-state index contributed by atoms with van der Waals surface area (Å²) in [7, 11) is 1.61. The summed E-state index contributed by atoms with van der Waals surface area (Å²) in [5, 5.41) is 2.82. The summed E-state index contributed by atoms with van der Waals surface area (Å²) in [6, 6.07) is 16.1. The van der Waals surface area contributed by atoms with Crippen molar-refractivity contribution in [3.63, 3.8) is 0 Å². The Labute approximate surface area is 160 Å². The maximum atomic E-state index is 12.9. The molecule has 27 heavy (non-hydrogen) atoms. The summed E-state index contributed by atoms with van der Waals surface area (Å²) in [5.41, 5.74) is 1.70. The molecule has 5 nitrogen and oxygen atoms in total. The van der Waals surface area contributed by atoms with E-state index in [2.05, 4.69) is 11.9 Å². The van der Waals surface area contributed by atoms with Gasteiger partial charge in [-0.2, -0.15) is 0 Å². The van der Waals surface area contributed by atoms with Gasteiger partial charge in [-0.1, -0.05) is 55.5 Å². The van der Waals surface area contributed by atoms with E-state index in [0.29, 0.717) is 19.5 Å². The molecule has 0 saturated heterocycles. The topological polar surface area (TPSA) is 58.6 Å². The second-order valence-electron chi connectivity index (χ2n) is 6.07. The van der Waals surface area contributed by atoms with Crippen LogP contribution in [0.3, 0.4) is 0 Å². The molecule has 0 aliphatic carbocycles. The zero-order chi connectivity index (χ0) is 19.6. The summed E-state index contributed by atoms with van der Waals surface area (Å²) in [4.78, 5) is 27.2. The van der Waals surface area contributed by atoms with Crippen LogP contribution in [-0.4, -0.2) is 30.4 Å². The van der Waals surface area contributed by atoms with E-state index >= 15 is 0 Å². The quantitative estimate of drug-likeness (QED) is 0.691. The van der Waals surface area contributed by atoms with Crippen LogP contribution >= 0.6 is 0 Å². The van der Waals surface area contributed by atoms with Crippen molar-refractivity contribution in [2.24, 2.45) is 0 Å². The molecular formula is C22H26N2O3. The van der Waals surface area contributed by atoms with E-state index < -0.39 is 6.04 Å². The zero-order valence-corrected chi connectivity index (χ0v) is 15.9. The number of nitrogens with zero attached hydrogens (tertiary/aromatic N) is 1. The molecule has 0 spiro atoms. The third-order valence-electron chi connectivity index (χ3n) is 4.23. The maximum absolute atomic E-state index is 12.9. The smallest absolute Gasteiger partial charge is 0.247 e. The zero-order valence-electron chi connectivity index (χ0n) is 15.9. The van der Waals surface area contributed by atoms with Gasteiger partial charge in [0.05, 0.1) is 7.11 Å². The van der Waals surface area contributed by atoms with Crippen molar-refractivity contribution in [2.45, 2.75) is 25.9 Å². The summed E-state index contributed by atoms with van der Waals surface area (Å²) in [6.45, 7) is 6.11. The summed E-state index contributed by atoms with van der Waals surface area (Å²) in [5.74, 6) is 0.431. The van der Waals surface area contributed by atoms with Crippen LogP contribution in [0.15, 0.2) is 67.3 Å². The van der Waals surface area contributed by atoms with Gasteiger partial charge in [0.15, 0.2) is 0 Å². The molecule has 0 heterocycles. The molecule has 1 N–H and O–H groups in total. The Morgan fingerprint density at radius 3 is 2.37 bits per heavy atom. The summed E-state index contributed by atoms with van der Waals surface area (Å²) in [6.07, 6.45) is 1.93. The highest BCUT2D eigenvalue weighted by atomic mass is 16.5. The van der Waals surface area contributed by atoms with Gasteiger partial charge in [0.2, 0.25) is 11.8 Å². The Balaban J connectivity index is 2.38. The Bertz CT molecular complexity index is 757. The van der Waals surface area contributed by atoms with Crippen LogP contribution in [0.2, 0.25) is 0 Å². The van der Waals surface area contributed by atoms with Crippen LogP contribution in [0.1, 0.15) is 30.5 Å². The number of carbonyl (C=O) groups is 2. The van der Waals surface area contributed by atoms with Crippen molar-refractivity contribution in [3.8, 4) is 5.75 Å². The highest BCUT2D eigenvalue weighted by Gasteiger charge is 2.30. The van der Waals surface area contributed by atoms with Crippen molar-refractivity contribution < 1.29 is 14.3 Å². The SMILES string of the molecule is C=CCNC(=O)[C@H](c1ccccc1)N(Cc1ccc(OC)cc1)C(=O)CC. The molecule has 2 rings (SSSR count). The molecule has 0 aliphatic heterocycles. The number of carbonyl (C=O) groups excluding carboxylic acids is 2. The largest absolute Gasteiger partial charge is 0.497 e. The van der Waals surface area contributed by atoms with Gasteiger partial charge in [0.25, 0.3) is 0 Å². The lowest BCUT2D eigenvalue weighted by molar-refractivity contribution is -0.141. The fraction of sp³-hybridized carbons (Fsp3) is 0.273. The average Bonchev–Trinajstić information content (AvgIpc) is 2.72. The van der Waals surface area contributed by atoms with Crippen molar-refractivity contribution in [2.75, 3.05) is 13.7 Å². The maximum Gasteiger partial charge on any atom is 0.247 e. The molecule has 2 amide bonds. The van der Waals surface area contributed by atoms with E-state index in [0.717, 1.165) is 16.9 Å². The monoisotopic (exact) mass is 366 g/mol. The molecule has 142 valence electrons. The predicted octanol–water partition coefficient (Wildman–Crippen LogP) is 3.48. The minimum absolute atomic E-state index is 0.0894. The Kier molecular flexibility index (Phi) is 7.62. The Morgan fingerprint density at radius 2 is 1.81 bits per heavy atom. The fourth-order valence-corrected chi connectivity index (χ4v) is 2.83. The fourth-order valence-electron chi connectivity index (χ4n) is 2.83. The molecule has 0 fully saturated rings. The first-order valence-corrected chi connectivity index (χ1v) is 8.96. The molecule has 0 saturated carbocycles. The minimum atomic E-state index is -0.708. The number of nitrogens with one attached hydrogen (secondary N) is 1. The first-order valence-electron chi connectivity index (χ1n) is 8.96. The van der Waals surface area contributed by atoms with Gasteiger partial charge in [-0.25, -0.2) is 0 Å². The van der Waals surface area contributed by atoms with Gasteiger partial charge in [0.1, 0.15) is 11.8 Å². The molecule has 0 aliphatic rings. The number of benzene rings is 2. The molecular weight excluding hydrogens is 340 g/mol. The number of hydrogen-bond acceptors (Lipinski definition) is 3. The van der Waals surface area contributed by atoms with Crippen molar-refractivity contribution >= 4 is 11.8 Å². The Morgan fingerprint density at radius 1 is 1.15 bits per heavy atom. The molecule has 0 aromatic heterocycles. The van der Waals surface area contributed by atoms with Crippen LogP contribution in [0.5, 0.6) is 5.75 Å². The van der Waals surface area contributed by atoms with E-state index in [-0.39, 0.29) is 11.8 Å². The molecule has 1 atom stereocenters. The Hall–Kier alpha value is -3.08. The van der Waals surface area contributed by atoms with Gasteiger partial charge in [-0.3, -0.25) is 9.59 Å². The van der Waals surface area contributed by atoms with Gasteiger partial charge in [-0.15, -0.1) is 6.58 Å². The number of ether oxygens (including phenoxy) is 1. The number of amides is 2. The van der Waals surface area contributed by atoms with Crippen molar-refractivity contribution in [1.82, 2.24) is 10.2 Å². The standard InChI is InChI=1S/C22H26N2O3/c1-4-15-23-22(26)21(18-9-7-6-8-10-18)24(20(25)5-2)16-17-11-13-19(27-3)14-12-17/h4,6-14,21H,1,5,15-16H2,2-3H3,(H,23,26)/t21-/m0/s1. The second kappa shape index (κ2) is 10.2. The van der Waals surface area contributed by atoms with E-state index in [9.17, 15) is 9.59 Å². The molecule has 2 aromatic rings. The number of rotatable bonds is 9. The van der Waals surface area contributed by atoms with E-state index in [4.69, 9.17) is 4.74 Å². The number of hydrogen-bond donors (Lipinski definition) is 1. The van der Waals surface area contributed by atoms with Crippen LogP contribution in [0, 0.1) is 0 Å². The minimum Gasteiger partial charge on any atom is -0.497 e. The van der Waals surface area contributed by atoms with Gasteiger partial charge in [0, 0.05) is 19.5 Å². The lowest BCUT2D eigenvalue weighted by atomic mass is 10.0. The third-order valence-corrected chi connectivity index (χ3v) is 4.23. The van der Waals surface area contributed by atoms with E-state index in [1.165, 1.54) is 0 Å². The first-order chi connectivity index (χ1) is 13.1. The highest BCUT2D eigenvalue weighted by molar-refractivity contribution is 5.88. The summed E-state index contributed by atoms with van der Waals surface area (Å²) < 4.78 is 5.19. The normalized spacial score (nSPS) is 11.3.